The van der Waals surface area contributed by atoms with Gasteiger partial charge in [-0.25, -0.2) is 0 Å². The molecule has 0 unspecified atom stereocenters. The number of allylic oxidation sites excluding steroid dienone is 2. The molecule has 0 saturated carbocycles. The molecule has 1 heterocycles. The molecule has 0 aromatic rings. The average molecular weight is 151 g/mol. The van der Waals surface area contributed by atoms with Crippen LogP contribution < -0.4 is 29.6 Å². The van der Waals surface area contributed by atoms with E-state index in [0.717, 1.165) is 5.06 Å². The van der Waals surface area contributed by atoms with Gasteiger partial charge in [0.25, 0.3) is 0 Å². The topological polar surface area (TPSA) is 23.5 Å². The van der Waals surface area contributed by atoms with Crippen molar-refractivity contribution in [3.63, 3.8) is 0 Å². The second-order valence-electron chi connectivity index (χ2n) is 1.52. The Hall–Kier alpha value is 0.460. The normalized spacial score (nSPS) is 16.6. The molecule has 44 valence electrons. The second-order valence-corrected chi connectivity index (χ2v) is 1.93. The van der Waals surface area contributed by atoms with Crippen molar-refractivity contribution in [2.75, 3.05) is 6.54 Å². The predicted molar refractivity (Wildman–Crippen MR) is 33.1 cm³/mol. The van der Waals surface area contributed by atoms with E-state index in [1.807, 2.05) is 12.2 Å². The van der Waals surface area contributed by atoms with Gasteiger partial charge in [-0.05, 0) is 0 Å². The first-order valence-electron chi connectivity index (χ1n) is 2.31. The molecule has 0 aliphatic carbocycles. The van der Waals surface area contributed by atoms with E-state index in [-0.39, 0.29) is 29.6 Å². The van der Waals surface area contributed by atoms with Gasteiger partial charge < -0.3 is 12.6 Å². The summed E-state index contributed by atoms with van der Waals surface area (Å²) in [4.78, 5) is 0. The molecule has 0 saturated heterocycles. The Bertz CT molecular complexity index is 146. The first-order valence-corrected chi connectivity index (χ1v) is 2.72. The maximum absolute atomic E-state index is 8.79. The minimum atomic E-state index is 0. The van der Waals surface area contributed by atoms with Crippen molar-refractivity contribution in [2.24, 2.45) is 0 Å². The van der Waals surface area contributed by atoms with E-state index >= 15 is 0 Å². The molecule has 4 heteroatoms. The molecule has 0 fully saturated rings. The van der Waals surface area contributed by atoms with Crippen molar-refractivity contribution >= 4 is 12.6 Å². The van der Waals surface area contributed by atoms with Gasteiger partial charge in [-0.15, -0.1) is 0 Å². The average Bonchev–Trinajstić information content (AvgIpc) is 1.77. The largest absolute Gasteiger partial charge is 1.00 e. The summed E-state index contributed by atoms with van der Waals surface area (Å²) >= 11 is 4.70. The quantitative estimate of drug-likeness (QED) is 0.309. The smallest absolute Gasteiger partial charge is 0.760 e. The van der Waals surface area contributed by atoms with E-state index in [1.165, 1.54) is 0 Å². The summed E-state index contributed by atoms with van der Waals surface area (Å²) in [7, 11) is 0. The molecule has 0 spiro atoms. The molecule has 0 amide bonds. The van der Waals surface area contributed by atoms with Gasteiger partial charge in [0.05, 0.1) is 6.54 Å². The van der Waals surface area contributed by atoms with Gasteiger partial charge in [0.15, 0.2) is 0 Å². The molecular weight excluding hydrogens is 145 g/mol. The Morgan fingerprint density at radius 1 is 1.67 bits per heavy atom. The molecular formula is C5H6NNaOS. The SMILES string of the molecule is ON1CC=CC=C1[S-].[Na+]. The van der Waals surface area contributed by atoms with Gasteiger partial charge in [-0.2, -0.15) is 0 Å². The second kappa shape index (κ2) is 4.30. The maximum atomic E-state index is 8.79. The van der Waals surface area contributed by atoms with E-state index in [4.69, 9.17) is 17.8 Å². The molecule has 1 aliphatic rings. The van der Waals surface area contributed by atoms with E-state index in [2.05, 4.69) is 0 Å². The van der Waals surface area contributed by atoms with E-state index in [1.54, 1.807) is 6.08 Å². The molecule has 1 aliphatic heterocycles. The first kappa shape index (κ1) is 9.46. The van der Waals surface area contributed by atoms with Gasteiger partial charge in [0.2, 0.25) is 0 Å². The van der Waals surface area contributed by atoms with Crippen LogP contribution in [-0.4, -0.2) is 16.8 Å². The zero-order chi connectivity index (χ0) is 5.98. The molecule has 0 atom stereocenters. The number of hydrogen-bond acceptors (Lipinski definition) is 3. The first-order chi connectivity index (χ1) is 3.80. The fraction of sp³-hybridized carbons (Fsp3) is 0.200. The Balaban J connectivity index is 0.000000640. The van der Waals surface area contributed by atoms with Crippen molar-refractivity contribution in [1.29, 1.82) is 0 Å². The Kier molecular flexibility index (Phi) is 4.52. The number of hydrogen-bond donors (Lipinski definition) is 1. The molecule has 1 rings (SSSR count). The standard InChI is InChI=1S/C5H7NOS.Na/c7-6-4-2-1-3-5(6)8;/h1-3,7-8H,4H2;/q;+1/p-1. The summed E-state index contributed by atoms with van der Waals surface area (Å²) in [6, 6.07) is 0. The molecule has 2 nitrogen and oxygen atoms in total. The predicted octanol–water partition coefficient (Wildman–Crippen LogP) is -2.36. The van der Waals surface area contributed by atoms with Crippen molar-refractivity contribution in [1.82, 2.24) is 5.06 Å². The minimum Gasteiger partial charge on any atom is -0.760 e. The van der Waals surface area contributed by atoms with Gasteiger partial charge in [-0.1, -0.05) is 23.3 Å². The van der Waals surface area contributed by atoms with Crippen LogP contribution in [0.25, 0.3) is 0 Å². The third-order valence-corrected chi connectivity index (χ3v) is 1.25. The van der Waals surface area contributed by atoms with Crippen LogP contribution in [0.15, 0.2) is 23.3 Å². The number of rotatable bonds is 0. The van der Waals surface area contributed by atoms with Crippen LogP contribution in [0.2, 0.25) is 0 Å². The van der Waals surface area contributed by atoms with Gasteiger partial charge in [0.1, 0.15) is 0 Å². The number of nitrogens with zero attached hydrogens (tertiary/aromatic N) is 1. The van der Waals surface area contributed by atoms with Crippen LogP contribution in [0, 0.1) is 0 Å². The number of hydroxylamine groups is 2. The molecule has 0 aromatic carbocycles. The fourth-order valence-corrected chi connectivity index (χ4v) is 0.640. The third-order valence-electron chi connectivity index (χ3n) is 0.908. The van der Waals surface area contributed by atoms with Gasteiger partial charge in [0, 0.05) is 0 Å². The molecule has 1 N–H and O–H groups in total. The monoisotopic (exact) mass is 151 g/mol. The van der Waals surface area contributed by atoms with Crippen LogP contribution in [-0.2, 0) is 12.6 Å². The zero-order valence-corrected chi connectivity index (χ0v) is 8.06. The fourth-order valence-electron chi connectivity index (χ4n) is 0.487. The zero-order valence-electron chi connectivity index (χ0n) is 5.24. The summed E-state index contributed by atoms with van der Waals surface area (Å²) in [5, 5.41) is 10.3. The Morgan fingerprint density at radius 3 is 2.67 bits per heavy atom. The van der Waals surface area contributed by atoms with Crippen molar-refractivity contribution < 1.29 is 34.8 Å². The van der Waals surface area contributed by atoms with E-state index in [9.17, 15) is 0 Å². The van der Waals surface area contributed by atoms with Crippen molar-refractivity contribution in [3.8, 4) is 0 Å². The maximum Gasteiger partial charge on any atom is 1.00 e. The Morgan fingerprint density at radius 2 is 2.33 bits per heavy atom. The summed E-state index contributed by atoms with van der Waals surface area (Å²) in [6.07, 6.45) is 5.34. The van der Waals surface area contributed by atoms with E-state index < -0.39 is 0 Å². The van der Waals surface area contributed by atoms with Crippen LogP contribution in [0.1, 0.15) is 0 Å². The molecule has 0 bridgehead atoms. The van der Waals surface area contributed by atoms with Crippen LogP contribution in [0.5, 0.6) is 0 Å². The summed E-state index contributed by atoms with van der Waals surface area (Å²) in [5.74, 6) is 0. The van der Waals surface area contributed by atoms with Gasteiger partial charge >= 0.3 is 29.6 Å². The van der Waals surface area contributed by atoms with Gasteiger partial charge in [-0.3, -0.25) is 10.3 Å². The molecule has 9 heavy (non-hydrogen) atoms. The Labute approximate surface area is 81.9 Å². The van der Waals surface area contributed by atoms with Crippen LogP contribution in [0.4, 0.5) is 0 Å². The van der Waals surface area contributed by atoms with Crippen LogP contribution >= 0.6 is 0 Å². The van der Waals surface area contributed by atoms with Crippen molar-refractivity contribution in [2.45, 2.75) is 0 Å². The summed E-state index contributed by atoms with van der Waals surface area (Å²) < 4.78 is 0. The molecule has 0 aromatic heterocycles. The summed E-state index contributed by atoms with van der Waals surface area (Å²) in [6.45, 7) is 0.509. The molecule has 0 radical (unpaired) electrons. The summed E-state index contributed by atoms with van der Waals surface area (Å²) in [5.41, 5.74) is 0. The van der Waals surface area contributed by atoms with E-state index in [0.29, 0.717) is 11.6 Å². The third kappa shape index (κ3) is 2.69. The minimum absolute atomic E-state index is 0. The van der Waals surface area contributed by atoms with Crippen molar-refractivity contribution in [3.05, 3.63) is 23.3 Å². The van der Waals surface area contributed by atoms with Crippen LogP contribution in [0.3, 0.4) is 0 Å².